The number of rotatable bonds is 4. The molecule has 0 saturated carbocycles. The quantitative estimate of drug-likeness (QED) is 0.858. The van der Waals surface area contributed by atoms with Gasteiger partial charge in [0, 0.05) is 36.5 Å². The Kier molecular flexibility index (Phi) is 5.65. The maximum absolute atomic E-state index is 12.7. The lowest BCUT2D eigenvalue weighted by Crippen LogP contribution is -2.36. The number of fused-ring (bicyclic) bond motifs is 1. The van der Waals surface area contributed by atoms with Gasteiger partial charge in [-0.15, -0.1) is 0 Å². The van der Waals surface area contributed by atoms with E-state index in [1.807, 2.05) is 24.8 Å². The molecule has 1 aliphatic heterocycles. The highest BCUT2D eigenvalue weighted by atomic mass is 16.5. The molecule has 2 amide bonds. The second kappa shape index (κ2) is 8.35. The summed E-state index contributed by atoms with van der Waals surface area (Å²) in [6.45, 7) is 4.88. The fraction of sp³-hybridized carbons (Fsp3) is 0.545. The molecule has 0 bridgehead atoms. The van der Waals surface area contributed by atoms with E-state index in [-0.39, 0.29) is 17.9 Å². The van der Waals surface area contributed by atoms with Gasteiger partial charge in [0.15, 0.2) is 0 Å². The maximum Gasteiger partial charge on any atom is 0.253 e. The van der Waals surface area contributed by atoms with Gasteiger partial charge in [-0.1, -0.05) is 5.16 Å². The Balaban J connectivity index is 1.38. The molecule has 0 spiro atoms. The van der Waals surface area contributed by atoms with E-state index in [4.69, 9.17) is 4.52 Å². The SMILES string of the molecule is Cc1noc(C)c1CN1CCC(NC(=O)c2cnc3c(c2)CCCC3)CCC1=O. The predicted octanol–water partition coefficient (Wildman–Crippen LogP) is 2.88. The van der Waals surface area contributed by atoms with E-state index in [9.17, 15) is 9.59 Å². The monoisotopic (exact) mass is 396 g/mol. The fourth-order valence-corrected chi connectivity index (χ4v) is 4.25. The van der Waals surface area contributed by atoms with E-state index in [1.54, 1.807) is 6.20 Å². The fourth-order valence-electron chi connectivity index (χ4n) is 4.25. The zero-order chi connectivity index (χ0) is 20.4. The highest BCUT2D eigenvalue weighted by Crippen LogP contribution is 2.22. The first-order valence-corrected chi connectivity index (χ1v) is 10.5. The summed E-state index contributed by atoms with van der Waals surface area (Å²) in [4.78, 5) is 31.7. The molecular weight excluding hydrogens is 368 g/mol. The minimum absolute atomic E-state index is 0.0165. The van der Waals surface area contributed by atoms with Crippen molar-refractivity contribution in [3.8, 4) is 0 Å². The van der Waals surface area contributed by atoms with Crippen molar-refractivity contribution >= 4 is 11.8 Å². The van der Waals surface area contributed by atoms with Gasteiger partial charge in [0.1, 0.15) is 5.76 Å². The second-order valence-electron chi connectivity index (χ2n) is 8.15. The van der Waals surface area contributed by atoms with Crippen molar-refractivity contribution in [1.29, 1.82) is 0 Å². The summed E-state index contributed by atoms with van der Waals surface area (Å²) < 4.78 is 5.21. The molecule has 1 N–H and O–H groups in total. The van der Waals surface area contributed by atoms with E-state index in [1.165, 1.54) is 12.0 Å². The average molecular weight is 396 g/mol. The number of hydrogen-bond acceptors (Lipinski definition) is 5. The van der Waals surface area contributed by atoms with Gasteiger partial charge >= 0.3 is 0 Å². The van der Waals surface area contributed by atoms with Crippen molar-refractivity contribution in [2.75, 3.05) is 6.54 Å². The van der Waals surface area contributed by atoms with Crippen molar-refractivity contribution in [3.63, 3.8) is 0 Å². The molecule has 7 nitrogen and oxygen atoms in total. The molecule has 2 aromatic rings. The second-order valence-corrected chi connectivity index (χ2v) is 8.15. The van der Waals surface area contributed by atoms with E-state index in [0.29, 0.717) is 31.5 Å². The van der Waals surface area contributed by atoms with E-state index in [0.717, 1.165) is 48.4 Å². The Morgan fingerprint density at radius 1 is 1.24 bits per heavy atom. The Hall–Kier alpha value is -2.70. The van der Waals surface area contributed by atoms with Gasteiger partial charge in [-0.25, -0.2) is 0 Å². The lowest BCUT2D eigenvalue weighted by molar-refractivity contribution is -0.131. The largest absolute Gasteiger partial charge is 0.361 e. The van der Waals surface area contributed by atoms with Crippen LogP contribution in [-0.2, 0) is 24.2 Å². The van der Waals surface area contributed by atoms with Crippen LogP contribution in [0.25, 0.3) is 0 Å². The summed E-state index contributed by atoms with van der Waals surface area (Å²) in [6, 6.07) is 1.97. The Labute approximate surface area is 170 Å². The lowest BCUT2D eigenvalue weighted by Gasteiger charge is -2.21. The minimum atomic E-state index is -0.0949. The van der Waals surface area contributed by atoms with Crippen LogP contribution >= 0.6 is 0 Å². The molecule has 1 saturated heterocycles. The van der Waals surface area contributed by atoms with Crippen molar-refractivity contribution in [2.24, 2.45) is 0 Å². The van der Waals surface area contributed by atoms with Crippen LogP contribution in [0.4, 0.5) is 0 Å². The summed E-state index contributed by atoms with van der Waals surface area (Å²) in [6.07, 6.45) is 7.83. The van der Waals surface area contributed by atoms with Crippen LogP contribution in [0.1, 0.15) is 70.7 Å². The molecular formula is C22H28N4O3. The first-order valence-electron chi connectivity index (χ1n) is 10.5. The van der Waals surface area contributed by atoms with Crippen LogP contribution in [0, 0.1) is 13.8 Å². The van der Waals surface area contributed by atoms with Gasteiger partial charge in [0.05, 0.1) is 17.8 Å². The van der Waals surface area contributed by atoms with Gasteiger partial charge in [-0.3, -0.25) is 14.6 Å². The molecule has 1 atom stereocenters. The Morgan fingerprint density at radius 3 is 2.86 bits per heavy atom. The molecule has 2 aliphatic rings. The van der Waals surface area contributed by atoms with Gasteiger partial charge in [-0.05, 0) is 64.0 Å². The number of nitrogens with zero attached hydrogens (tertiary/aromatic N) is 3. The van der Waals surface area contributed by atoms with E-state index < -0.39 is 0 Å². The summed E-state index contributed by atoms with van der Waals surface area (Å²) in [5, 5.41) is 7.09. The molecule has 7 heteroatoms. The molecule has 29 heavy (non-hydrogen) atoms. The standard InChI is InChI=1S/C22H28N4O3/c1-14-19(15(2)29-25-14)13-26-10-9-18(7-8-21(26)27)24-22(28)17-11-16-5-3-4-6-20(16)23-12-17/h11-12,18H,3-10,13H2,1-2H3,(H,24,28). The number of carbonyl (C=O) groups excluding carboxylic acids is 2. The normalized spacial score (nSPS) is 19.6. The van der Waals surface area contributed by atoms with Crippen LogP contribution in [0.15, 0.2) is 16.8 Å². The molecule has 2 aromatic heterocycles. The minimum Gasteiger partial charge on any atom is -0.361 e. The maximum atomic E-state index is 12.7. The third kappa shape index (κ3) is 4.33. The number of carbonyl (C=O) groups is 2. The molecule has 1 unspecified atom stereocenters. The molecule has 154 valence electrons. The van der Waals surface area contributed by atoms with Crippen LogP contribution in [-0.4, -0.2) is 39.4 Å². The smallest absolute Gasteiger partial charge is 0.253 e. The predicted molar refractivity (Wildman–Crippen MR) is 107 cm³/mol. The number of pyridine rings is 1. The molecule has 0 radical (unpaired) electrons. The first kappa shape index (κ1) is 19.6. The van der Waals surface area contributed by atoms with Crippen LogP contribution in [0.2, 0.25) is 0 Å². The first-order chi connectivity index (χ1) is 14.0. The number of likely N-dealkylation sites (tertiary alicyclic amines) is 1. The summed E-state index contributed by atoms with van der Waals surface area (Å²) in [5.41, 5.74) is 4.74. The van der Waals surface area contributed by atoms with E-state index >= 15 is 0 Å². The summed E-state index contributed by atoms with van der Waals surface area (Å²) in [5.74, 6) is 0.768. The van der Waals surface area contributed by atoms with Crippen molar-refractivity contribution < 1.29 is 14.1 Å². The van der Waals surface area contributed by atoms with Gasteiger partial charge in [0.2, 0.25) is 5.91 Å². The molecule has 1 aliphatic carbocycles. The zero-order valence-electron chi connectivity index (χ0n) is 17.2. The molecule has 1 fully saturated rings. The van der Waals surface area contributed by atoms with Crippen LogP contribution < -0.4 is 5.32 Å². The van der Waals surface area contributed by atoms with E-state index in [2.05, 4.69) is 15.5 Å². The number of aromatic nitrogens is 2. The highest BCUT2D eigenvalue weighted by molar-refractivity contribution is 5.94. The molecule has 3 heterocycles. The topological polar surface area (TPSA) is 88.3 Å². The summed E-state index contributed by atoms with van der Waals surface area (Å²) in [7, 11) is 0. The third-order valence-electron chi connectivity index (χ3n) is 6.10. The van der Waals surface area contributed by atoms with Crippen molar-refractivity contribution in [1.82, 2.24) is 20.4 Å². The number of aryl methyl sites for hydroxylation is 4. The average Bonchev–Trinajstić information content (AvgIpc) is 2.94. The summed E-state index contributed by atoms with van der Waals surface area (Å²) >= 11 is 0. The molecule has 4 rings (SSSR count). The Morgan fingerprint density at radius 2 is 2.07 bits per heavy atom. The number of nitrogens with one attached hydrogen (secondary N) is 1. The van der Waals surface area contributed by atoms with Gasteiger partial charge < -0.3 is 14.7 Å². The number of hydrogen-bond donors (Lipinski definition) is 1. The lowest BCUT2D eigenvalue weighted by atomic mass is 9.95. The third-order valence-corrected chi connectivity index (χ3v) is 6.10. The zero-order valence-corrected chi connectivity index (χ0v) is 17.2. The molecule has 0 aromatic carbocycles. The van der Waals surface area contributed by atoms with Crippen LogP contribution in [0.5, 0.6) is 0 Å². The van der Waals surface area contributed by atoms with Crippen LogP contribution in [0.3, 0.4) is 0 Å². The highest BCUT2D eigenvalue weighted by Gasteiger charge is 2.26. The van der Waals surface area contributed by atoms with Gasteiger partial charge in [0.25, 0.3) is 5.91 Å². The van der Waals surface area contributed by atoms with Crippen molar-refractivity contribution in [3.05, 3.63) is 46.1 Å². The van der Waals surface area contributed by atoms with Gasteiger partial charge in [-0.2, -0.15) is 0 Å². The number of amides is 2. The Bertz CT molecular complexity index is 901. The van der Waals surface area contributed by atoms with Crippen molar-refractivity contribution in [2.45, 2.75) is 71.4 Å².